The lowest BCUT2D eigenvalue weighted by atomic mass is 10.4. The monoisotopic (exact) mass is 224 g/mol. The average molecular weight is 224 g/mol. The van der Waals surface area contributed by atoms with Gasteiger partial charge in [-0.2, -0.15) is 8.42 Å². The van der Waals surface area contributed by atoms with Crippen LogP contribution in [0.1, 0.15) is 20.8 Å². The van der Waals surface area contributed by atoms with Crippen LogP contribution in [-0.2, 0) is 19.6 Å². The number of ether oxygens (including phenoxy) is 1. The van der Waals surface area contributed by atoms with Crippen LogP contribution in [0.2, 0.25) is 0 Å². The fourth-order valence-electron chi connectivity index (χ4n) is 0.254. The molecule has 0 heterocycles. The molecule has 0 aromatic rings. The lowest BCUT2D eigenvalue weighted by Gasteiger charge is -1.96. The highest BCUT2D eigenvalue weighted by molar-refractivity contribution is 7.85. The summed E-state index contributed by atoms with van der Waals surface area (Å²) in [6, 6.07) is 0. The van der Waals surface area contributed by atoms with Crippen LogP contribution >= 0.6 is 0 Å². The molecule has 0 aliphatic rings. The van der Waals surface area contributed by atoms with E-state index in [-0.39, 0.29) is 11.7 Å². The zero-order valence-electron chi connectivity index (χ0n) is 8.61. The summed E-state index contributed by atoms with van der Waals surface area (Å²) in [4.78, 5) is 10.4. The van der Waals surface area contributed by atoms with Crippen molar-refractivity contribution in [2.45, 2.75) is 20.8 Å². The van der Waals surface area contributed by atoms with E-state index in [1.54, 1.807) is 13.8 Å². The van der Waals surface area contributed by atoms with E-state index in [4.69, 9.17) is 4.55 Å². The Balaban J connectivity index is 0. The standard InChI is InChI=1S/C6H10O2.C2H6O3S/c1-4-8-6(7)5(2)3;1-2-6(3,4)5/h2,4H2,1,3H3;2H2,1H3,(H,3,4,5). The van der Waals surface area contributed by atoms with Crippen molar-refractivity contribution in [1.29, 1.82) is 0 Å². The second-order valence-corrected chi connectivity index (χ2v) is 4.11. The second kappa shape index (κ2) is 7.52. The summed E-state index contributed by atoms with van der Waals surface area (Å²) in [5.41, 5.74) is 0.451. The first-order valence-electron chi connectivity index (χ1n) is 4.02. The molecule has 0 spiro atoms. The minimum Gasteiger partial charge on any atom is -0.463 e. The normalized spacial score (nSPS) is 9.71. The van der Waals surface area contributed by atoms with E-state index in [0.29, 0.717) is 12.2 Å². The molecule has 0 rings (SSSR count). The molecule has 6 heteroatoms. The highest BCUT2D eigenvalue weighted by Crippen LogP contribution is 1.89. The molecule has 0 saturated heterocycles. The van der Waals surface area contributed by atoms with Gasteiger partial charge in [0.1, 0.15) is 0 Å². The van der Waals surface area contributed by atoms with Crippen LogP contribution in [0.4, 0.5) is 0 Å². The number of hydrogen-bond donors (Lipinski definition) is 1. The third-order valence-corrected chi connectivity index (χ3v) is 1.72. The molecule has 0 aromatic heterocycles. The quantitative estimate of drug-likeness (QED) is 0.440. The molecule has 0 unspecified atom stereocenters. The molecule has 0 saturated carbocycles. The van der Waals surface area contributed by atoms with Gasteiger partial charge in [0.2, 0.25) is 0 Å². The van der Waals surface area contributed by atoms with Crippen LogP contribution in [0, 0.1) is 0 Å². The Kier molecular flexibility index (Phi) is 8.37. The highest BCUT2D eigenvalue weighted by Gasteiger charge is 1.98. The largest absolute Gasteiger partial charge is 0.463 e. The lowest BCUT2D eigenvalue weighted by Crippen LogP contribution is -2.03. The zero-order valence-corrected chi connectivity index (χ0v) is 9.43. The molecular formula is C8H16O5S. The number of esters is 1. The summed E-state index contributed by atoms with van der Waals surface area (Å²) in [7, 11) is -3.66. The fraction of sp³-hybridized carbons (Fsp3) is 0.625. The topological polar surface area (TPSA) is 80.7 Å². The van der Waals surface area contributed by atoms with Crippen molar-refractivity contribution < 1.29 is 22.5 Å². The molecule has 0 radical (unpaired) electrons. The van der Waals surface area contributed by atoms with Crippen molar-refractivity contribution in [3.05, 3.63) is 12.2 Å². The first kappa shape index (κ1) is 15.6. The van der Waals surface area contributed by atoms with Gasteiger partial charge in [0.25, 0.3) is 10.1 Å². The Morgan fingerprint density at radius 2 is 1.79 bits per heavy atom. The van der Waals surface area contributed by atoms with Gasteiger partial charge >= 0.3 is 5.97 Å². The molecule has 0 aliphatic carbocycles. The molecular weight excluding hydrogens is 208 g/mol. The maximum atomic E-state index is 10.4. The Bertz CT molecular complexity index is 278. The van der Waals surface area contributed by atoms with E-state index in [9.17, 15) is 13.2 Å². The zero-order chi connectivity index (χ0) is 11.8. The van der Waals surface area contributed by atoms with Crippen molar-refractivity contribution in [3.63, 3.8) is 0 Å². The molecule has 0 fully saturated rings. The van der Waals surface area contributed by atoms with Crippen LogP contribution in [0.25, 0.3) is 0 Å². The molecule has 0 aromatic carbocycles. The molecule has 0 amide bonds. The summed E-state index contributed by atoms with van der Waals surface area (Å²) in [5, 5.41) is 0. The van der Waals surface area contributed by atoms with Gasteiger partial charge in [0, 0.05) is 5.57 Å². The number of carbonyl (C=O) groups is 1. The third kappa shape index (κ3) is 13.7. The molecule has 1 N–H and O–H groups in total. The van der Waals surface area contributed by atoms with Crippen LogP contribution in [-0.4, -0.2) is 31.3 Å². The van der Waals surface area contributed by atoms with Crippen molar-refractivity contribution in [1.82, 2.24) is 0 Å². The minimum atomic E-state index is -3.66. The summed E-state index contributed by atoms with van der Waals surface area (Å²) in [6.45, 7) is 8.58. The predicted octanol–water partition coefficient (Wildman–Crippen LogP) is 1.02. The minimum absolute atomic E-state index is 0.201. The summed E-state index contributed by atoms with van der Waals surface area (Å²) < 4.78 is 31.5. The van der Waals surface area contributed by atoms with E-state index in [2.05, 4.69) is 11.3 Å². The van der Waals surface area contributed by atoms with Gasteiger partial charge in [-0.3, -0.25) is 4.55 Å². The van der Waals surface area contributed by atoms with Gasteiger partial charge in [0.15, 0.2) is 0 Å². The number of carbonyl (C=O) groups excluding carboxylic acids is 1. The van der Waals surface area contributed by atoms with Crippen molar-refractivity contribution in [2.75, 3.05) is 12.4 Å². The Morgan fingerprint density at radius 1 is 1.43 bits per heavy atom. The Morgan fingerprint density at radius 3 is 1.86 bits per heavy atom. The van der Waals surface area contributed by atoms with Gasteiger partial charge in [-0.25, -0.2) is 4.79 Å². The first-order chi connectivity index (χ1) is 6.24. The van der Waals surface area contributed by atoms with Crippen molar-refractivity contribution >= 4 is 16.1 Å². The van der Waals surface area contributed by atoms with Gasteiger partial charge in [-0.05, 0) is 20.8 Å². The molecule has 0 atom stereocenters. The van der Waals surface area contributed by atoms with Gasteiger partial charge in [-0.15, -0.1) is 0 Å². The van der Waals surface area contributed by atoms with Gasteiger partial charge in [0.05, 0.1) is 12.4 Å². The Labute approximate surface area is 84.5 Å². The molecule has 0 bridgehead atoms. The first-order valence-corrected chi connectivity index (χ1v) is 5.63. The SMILES string of the molecule is C=C(C)C(=O)OCC.CCS(=O)(=O)O. The van der Waals surface area contributed by atoms with Crippen LogP contribution in [0.15, 0.2) is 12.2 Å². The van der Waals surface area contributed by atoms with Crippen molar-refractivity contribution in [2.24, 2.45) is 0 Å². The van der Waals surface area contributed by atoms with Crippen molar-refractivity contribution in [3.8, 4) is 0 Å². The maximum absolute atomic E-state index is 10.4. The average Bonchev–Trinajstić information content (AvgIpc) is 2.04. The number of hydrogen-bond acceptors (Lipinski definition) is 4. The smallest absolute Gasteiger partial charge is 0.333 e. The molecule has 14 heavy (non-hydrogen) atoms. The summed E-state index contributed by atoms with van der Waals surface area (Å²) in [6.07, 6.45) is 0. The van der Waals surface area contributed by atoms with Crippen LogP contribution in [0.5, 0.6) is 0 Å². The molecule has 84 valence electrons. The van der Waals surface area contributed by atoms with Gasteiger partial charge in [-0.1, -0.05) is 6.58 Å². The van der Waals surface area contributed by atoms with E-state index < -0.39 is 10.1 Å². The summed E-state index contributed by atoms with van der Waals surface area (Å²) >= 11 is 0. The maximum Gasteiger partial charge on any atom is 0.333 e. The van der Waals surface area contributed by atoms with E-state index in [1.807, 2.05) is 0 Å². The van der Waals surface area contributed by atoms with Crippen LogP contribution < -0.4 is 0 Å². The molecule has 0 aliphatic heterocycles. The fourth-order valence-corrected chi connectivity index (χ4v) is 0.254. The van der Waals surface area contributed by atoms with Gasteiger partial charge < -0.3 is 4.74 Å². The molecule has 5 nitrogen and oxygen atoms in total. The third-order valence-electron chi connectivity index (χ3n) is 0.989. The highest BCUT2D eigenvalue weighted by atomic mass is 32.2. The van der Waals surface area contributed by atoms with E-state index >= 15 is 0 Å². The second-order valence-electron chi connectivity index (χ2n) is 2.37. The lowest BCUT2D eigenvalue weighted by molar-refractivity contribution is -0.138. The summed E-state index contributed by atoms with van der Waals surface area (Å²) in [5.74, 6) is -0.514. The van der Waals surface area contributed by atoms with E-state index in [1.165, 1.54) is 6.92 Å². The van der Waals surface area contributed by atoms with Crippen LogP contribution in [0.3, 0.4) is 0 Å². The number of rotatable bonds is 3. The van der Waals surface area contributed by atoms with E-state index in [0.717, 1.165) is 0 Å². The predicted molar refractivity (Wildman–Crippen MR) is 53.5 cm³/mol. The Hall–Kier alpha value is -0.880.